The minimum Gasteiger partial charge on any atom is -0.489 e. The van der Waals surface area contributed by atoms with E-state index in [0.717, 1.165) is 23.3 Å². The van der Waals surface area contributed by atoms with E-state index in [0.29, 0.717) is 35.5 Å². The monoisotopic (exact) mass is 504 g/mol. The highest BCUT2D eigenvalue weighted by molar-refractivity contribution is 5.97. The first-order valence-corrected chi connectivity index (χ1v) is 11.6. The number of ether oxygens (including phenoxy) is 1. The smallest absolute Gasteiger partial charge is 0.416 e. The third kappa shape index (κ3) is 5.66. The summed E-state index contributed by atoms with van der Waals surface area (Å²) < 4.78 is 47.8. The van der Waals surface area contributed by atoms with Crippen LogP contribution in [0.2, 0.25) is 0 Å². The molecule has 188 valence electrons. The first-order valence-electron chi connectivity index (χ1n) is 11.6. The molecule has 0 saturated heterocycles. The van der Waals surface area contributed by atoms with E-state index in [1.54, 1.807) is 30.6 Å². The van der Waals surface area contributed by atoms with Gasteiger partial charge in [-0.2, -0.15) is 13.2 Å². The van der Waals surface area contributed by atoms with Crippen LogP contribution >= 0.6 is 0 Å². The van der Waals surface area contributed by atoms with E-state index in [9.17, 15) is 18.0 Å². The van der Waals surface area contributed by atoms with E-state index in [1.165, 1.54) is 12.1 Å². The Morgan fingerprint density at radius 1 is 0.946 bits per heavy atom. The van der Waals surface area contributed by atoms with E-state index in [2.05, 4.69) is 10.3 Å². The number of nitrogens with zero attached hydrogens (tertiary/aromatic N) is 3. The molecular weight excluding hydrogens is 481 g/mol. The summed E-state index contributed by atoms with van der Waals surface area (Å²) in [6.07, 6.45) is 1.23. The molecule has 0 aliphatic heterocycles. The zero-order chi connectivity index (χ0) is 25.8. The molecule has 1 N–H and O–H groups in total. The molecule has 2 heterocycles. The van der Waals surface area contributed by atoms with Crippen LogP contribution in [-0.4, -0.2) is 26.6 Å². The largest absolute Gasteiger partial charge is 0.489 e. The number of alkyl halides is 3. The van der Waals surface area contributed by atoms with Crippen molar-refractivity contribution in [2.24, 2.45) is 0 Å². The summed E-state index contributed by atoms with van der Waals surface area (Å²) in [5.41, 5.74) is 2.89. The van der Waals surface area contributed by atoms with Crippen molar-refractivity contribution in [2.45, 2.75) is 19.3 Å². The maximum absolute atomic E-state index is 12.7. The molecule has 0 radical (unpaired) electrons. The number of amides is 1. The van der Waals surface area contributed by atoms with E-state index in [1.807, 2.05) is 51.9 Å². The van der Waals surface area contributed by atoms with Gasteiger partial charge in [-0.25, -0.2) is 4.98 Å². The van der Waals surface area contributed by atoms with Gasteiger partial charge < -0.3 is 14.6 Å². The Labute approximate surface area is 210 Å². The zero-order valence-corrected chi connectivity index (χ0v) is 19.7. The average molecular weight is 505 g/mol. The van der Waals surface area contributed by atoms with E-state index < -0.39 is 11.7 Å². The molecule has 1 amide bonds. The SMILES string of the molecule is O=C(NCCn1cccc1)c1ccc2c(c1)ncn2-c1ccc(OCc2ccc(C(F)(F)F)cc2)cc1. The molecule has 37 heavy (non-hydrogen) atoms. The van der Waals surface area contributed by atoms with Gasteiger partial charge in [0.25, 0.3) is 5.91 Å². The van der Waals surface area contributed by atoms with Gasteiger partial charge in [-0.05, 0) is 72.3 Å². The number of hydrogen-bond acceptors (Lipinski definition) is 3. The molecule has 0 aliphatic carbocycles. The number of carbonyl (C=O) groups is 1. The minimum atomic E-state index is -4.36. The van der Waals surface area contributed by atoms with Crippen molar-refractivity contribution in [2.75, 3.05) is 6.54 Å². The second-order valence-corrected chi connectivity index (χ2v) is 8.47. The molecule has 0 fully saturated rings. The van der Waals surface area contributed by atoms with Gasteiger partial charge in [0.1, 0.15) is 18.7 Å². The lowest BCUT2D eigenvalue weighted by atomic mass is 10.1. The molecule has 0 unspecified atom stereocenters. The van der Waals surface area contributed by atoms with Gasteiger partial charge in [0.05, 0.1) is 16.6 Å². The third-order valence-corrected chi connectivity index (χ3v) is 5.93. The lowest BCUT2D eigenvalue weighted by Crippen LogP contribution is -2.26. The predicted octanol–water partition coefficient (Wildman–Crippen LogP) is 5.85. The Balaban J connectivity index is 1.21. The van der Waals surface area contributed by atoms with E-state index in [-0.39, 0.29) is 12.5 Å². The molecule has 5 rings (SSSR count). The lowest BCUT2D eigenvalue weighted by molar-refractivity contribution is -0.137. The van der Waals surface area contributed by atoms with Crippen LogP contribution in [0, 0.1) is 0 Å². The first-order chi connectivity index (χ1) is 17.9. The van der Waals surface area contributed by atoms with Gasteiger partial charge in [0.15, 0.2) is 0 Å². The van der Waals surface area contributed by atoms with Crippen LogP contribution < -0.4 is 10.1 Å². The summed E-state index contributed by atoms with van der Waals surface area (Å²) in [6, 6.07) is 21.5. The molecule has 0 saturated carbocycles. The predicted molar refractivity (Wildman–Crippen MR) is 134 cm³/mol. The normalized spacial score (nSPS) is 11.5. The number of nitrogens with one attached hydrogen (secondary N) is 1. The standard InChI is InChI=1S/C28H23F3N4O2/c29-28(30,31)22-6-3-20(4-7-22)18-37-24-10-8-23(9-11-24)35-19-33-25-17-21(5-12-26(25)35)27(36)32-13-16-34-14-1-2-15-34/h1-12,14-15,17,19H,13,16,18H2,(H,32,36). The molecule has 5 aromatic rings. The van der Waals surface area contributed by atoms with Gasteiger partial charge >= 0.3 is 6.18 Å². The topological polar surface area (TPSA) is 61.1 Å². The van der Waals surface area contributed by atoms with Gasteiger partial charge in [-0.15, -0.1) is 0 Å². The molecular formula is C28H23F3N4O2. The molecule has 0 bridgehead atoms. The van der Waals surface area contributed by atoms with Crippen molar-refractivity contribution in [1.29, 1.82) is 0 Å². The Bertz CT molecular complexity index is 1490. The molecule has 2 aromatic heterocycles. The summed E-state index contributed by atoms with van der Waals surface area (Å²) in [7, 11) is 0. The fraction of sp³-hybridized carbons (Fsp3) is 0.143. The number of imidazole rings is 1. The molecule has 3 aromatic carbocycles. The maximum atomic E-state index is 12.7. The van der Waals surface area contributed by atoms with Crippen LogP contribution in [0.5, 0.6) is 5.75 Å². The second-order valence-electron chi connectivity index (χ2n) is 8.47. The Hall–Kier alpha value is -4.53. The average Bonchev–Trinajstić information content (AvgIpc) is 3.57. The van der Waals surface area contributed by atoms with Gasteiger partial charge in [-0.3, -0.25) is 9.36 Å². The second kappa shape index (κ2) is 10.2. The van der Waals surface area contributed by atoms with Crippen LogP contribution in [-0.2, 0) is 19.3 Å². The van der Waals surface area contributed by atoms with Crippen LogP contribution in [0.25, 0.3) is 16.7 Å². The number of carbonyl (C=O) groups excluding carboxylic acids is 1. The third-order valence-electron chi connectivity index (χ3n) is 5.93. The summed E-state index contributed by atoms with van der Waals surface area (Å²) in [6.45, 7) is 1.37. The highest BCUT2D eigenvalue weighted by Crippen LogP contribution is 2.29. The van der Waals surface area contributed by atoms with E-state index in [4.69, 9.17) is 4.74 Å². The van der Waals surface area contributed by atoms with Crippen molar-refractivity contribution < 1.29 is 22.7 Å². The molecule has 0 spiro atoms. The van der Waals surface area contributed by atoms with Gasteiger partial charge in [0, 0.05) is 36.7 Å². The van der Waals surface area contributed by atoms with Gasteiger partial charge in [-0.1, -0.05) is 12.1 Å². The first kappa shape index (κ1) is 24.2. The Kier molecular flexibility index (Phi) is 6.68. The number of benzene rings is 3. The fourth-order valence-electron chi connectivity index (χ4n) is 3.94. The van der Waals surface area contributed by atoms with Crippen molar-refractivity contribution in [3.05, 3.63) is 114 Å². The molecule has 6 nitrogen and oxygen atoms in total. The lowest BCUT2D eigenvalue weighted by Gasteiger charge is -2.10. The maximum Gasteiger partial charge on any atom is 0.416 e. The summed E-state index contributed by atoms with van der Waals surface area (Å²) in [5, 5.41) is 2.92. The molecule has 0 atom stereocenters. The fourth-order valence-corrected chi connectivity index (χ4v) is 3.94. The summed E-state index contributed by atoms with van der Waals surface area (Å²) >= 11 is 0. The highest BCUT2D eigenvalue weighted by Gasteiger charge is 2.29. The van der Waals surface area contributed by atoms with Crippen molar-refractivity contribution in [3.8, 4) is 11.4 Å². The van der Waals surface area contributed by atoms with Crippen molar-refractivity contribution >= 4 is 16.9 Å². The van der Waals surface area contributed by atoms with Crippen molar-refractivity contribution in [1.82, 2.24) is 19.4 Å². The quantitative estimate of drug-likeness (QED) is 0.288. The summed E-state index contributed by atoms with van der Waals surface area (Å²) in [5.74, 6) is 0.435. The number of halogens is 3. The number of hydrogen-bond donors (Lipinski definition) is 1. The van der Waals surface area contributed by atoms with Gasteiger partial charge in [0.2, 0.25) is 0 Å². The van der Waals surface area contributed by atoms with Crippen molar-refractivity contribution in [3.63, 3.8) is 0 Å². The molecule has 9 heteroatoms. The van der Waals surface area contributed by atoms with Crippen LogP contribution in [0.4, 0.5) is 13.2 Å². The summed E-state index contributed by atoms with van der Waals surface area (Å²) in [4.78, 5) is 17.0. The number of fused-ring (bicyclic) bond motifs is 1. The zero-order valence-electron chi connectivity index (χ0n) is 19.7. The Morgan fingerprint density at radius 3 is 2.38 bits per heavy atom. The number of aromatic nitrogens is 3. The molecule has 0 aliphatic rings. The Morgan fingerprint density at radius 2 is 1.68 bits per heavy atom. The number of rotatable bonds is 8. The minimum absolute atomic E-state index is 0.154. The van der Waals surface area contributed by atoms with E-state index >= 15 is 0 Å². The van der Waals surface area contributed by atoms with Crippen LogP contribution in [0.1, 0.15) is 21.5 Å². The van der Waals surface area contributed by atoms with Crippen LogP contribution in [0.3, 0.4) is 0 Å². The van der Waals surface area contributed by atoms with Crippen LogP contribution in [0.15, 0.2) is 97.6 Å². The highest BCUT2D eigenvalue weighted by atomic mass is 19.4.